The Morgan fingerprint density at radius 3 is 2.52 bits per heavy atom. The lowest BCUT2D eigenvalue weighted by Gasteiger charge is -2.28. The Morgan fingerprint density at radius 2 is 1.96 bits per heavy atom. The zero-order valence-electron chi connectivity index (χ0n) is 13.8. The van der Waals surface area contributed by atoms with E-state index in [1.807, 2.05) is 31.2 Å². The van der Waals surface area contributed by atoms with Crippen molar-refractivity contribution in [2.24, 2.45) is 5.73 Å². The summed E-state index contributed by atoms with van der Waals surface area (Å²) in [5.74, 6) is -0.918. The molecule has 2 N–H and O–H groups in total. The molecule has 1 aliphatic rings. The van der Waals surface area contributed by atoms with Gasteiger partial charge in [0.05, 0.1) is 12.5 Å². The second-order valence-electron chi connectivity index (χ2n) is 5.47. The molecule has 0 bridgehead atoms. The van der Waals surface area contributed by atoms with Crippen LogP contribution in [-0.4, -0.2) is 18.4 Å². The largest absolute Gasteiger partial charge is 0.462 e. The van der Waals surface area contributed by atoms with Crippen molar-refractivity contribution >= 4 is 11.8 Å². The zero-order valence-corrected chi connectivity index (χ0v) is 13.8. The van der Waals surface area contributed by atoms with Crippen LogP contribution < -0.4 is 5.73 Å². The van der Waals surface area contributed by atoms with Gasteiger partial charge in [0.15, 0.2) is 5.78 Å². The van der Waals surface area contributed by atoms with E-state index in [0.29, 0.717) is 11.3 Å². The number of Topliss-reactive ketones (excluding diaryl/α,β-unsaturated/α-hetero) is 1. The summed E-state index contributed by atoms with van der Waals surface area (Å²) in [6.45, 7) is 7.01. The van der Waals surface area contributed by atoms with Gasteiger partial charge in [0, 0.05) is 5.57 Å². The standard InChI is InChI=1S/C18H21NO4/c1-5-22-18(21)16-15(13-8-6-7-10(2)9-13)14(11(3)20)12(4)23-17(16)19/h6-9,15H,5,19H2,1-4H3/t15-/m0/s1. The zero-order chi connectivity index (χ0) is 17.1. The lowest BCUT2D eigenvalue weighted by atomic mass is 9.80. The molecule has 0 amide bonds. The molecule has 5 nitrogen and oxygen atoms in total. The first-order valence-corrected chi connectivity index (χ1v) is 7.49. The van der Waals surface area contributed by atoms with Crippen LogP contribution in [0.3, 0.4) is 0 Å². The number of carbonyl (C=O) groups excluding carboxylic acids is 2. The van der Waals surface area contributed by atoms with Crippen LogP contribution >= 0.6 is 0 Å². The molecule has 0 radical (unpaired) electrons. The molecule has 2 rings (SSSR count). The highest BCUT2D eigenvalue weighted by Crippen LogP contribution is 2.40. The second-order valence-corrected chi connectivity index (χ2v) is 5.47. The molecular weight excluding hydrogens is 294 g/mol. The Labute approximate surface area is 135 Å². The van der Waals surface area contributed by atoms with E-state index in [9.17, 15) is 9.59 Å². The summed E-state index contributed by atoms with van der Waals surface area (Å²) in [6, 6.07) is 7.63. The van der Waals surface area contributed by atoms with Gasteiger partial charge in [-0.3, -0.25) is 4.79 Å². The SMILES string of the molecule is CCOC(=O)C1=C(N)OC(C)=C(C(C)=O)[C@@H]1c1cccc(C)c1. The van der Waals surface area contributed by atoms with Crippen LogP contribution in [0.25, 0.3) is 0 Å². The van der Waals surface area contributed by atoms with Gasteiger partial charge in [0.2, 0.25) is 5.88 Å². The van der Waals surface area contributed by atoms with Crippen molar-refractivity contribution in [2.45, 2.75) is 33.6 Å². The Bertz CT molecular complexity index is 715. The Hall–Kier alpha value is -2.56. The fourth-order valence-corrected chi connectivity index (χ4v) is 2.83. The molecule has 1 aliphatic heterocycles. The van der Waals surface area contributed by atoms with Crippen molar-refractivity contribution in [1.29, 1.82) is 0 Å². The van der Waals surface area contributed by atoms with Gasteiger partial charge in [-0.2, -0.15) is 0 Å². The summed E-state index contributed by atoms with van der Waals surface area (Å²) in [4.78, 5) is 24.5. The van der Waals surface area contributed by atoms with E-state index >= 15 is 0 Å². The van der Waals surface area contributed by atoms with Crippen LogP contribution in [0.2, 0.25) is 0 Å². The normalized spacial score (nSPS) is 17.8. The van der Waals surface area contributed by atoms with Gasteiger partial charge in [0.1, 0.15) is 11.3 Å². The molecule has 0 spiro atoms. The van der Waals surface area contributed by atoms with Crippen molar-refractivity contribution in [1.82, 2.24) is 0 Å². The number of carbonyl (C=O) groups is 2. The van der Waals surface area contributed by atoms with Crippen molar-refractivity contribution in [3.05, 3.63) is 58.2 Å². The minimum atomic E-state index is -0.583. The number of rotatable bonds is 4. The number of hydrogen-bond donors (Lipinski definition) is 1. The highest BCUT2D eigenvalue weighted by atomic mass is 16.5. The van der Waals surface area contributed by atoms with E-state index in [1.54, 1.807) is 13.8 Å². The van der Waals surface area contributed by atoms with E-state index in [-0.39, 0.29) is 23.8 Å². The first-order chi connectivity index (χ1) is 10.9. The fourth-order valence-electron chi connectivity index (χ4n) is 2.83. The Kier molecular flexibility index (Phi) is 4.89. The van der Waals surface area contributed by atoms with Crippen LogP contribution in [0.15, 0.2) is 47.1 Å². The molecule has 0 unspecified atom stereocenters. The van der Waals surface area contributed by atoms with Gasteiger partial charge in [-0.15, -0.1) is 0 Å². The minimum Gasteiger partial charge on any atom is -0.462 e. The molecule has 0 saturated carbocycles. The third-order valence-corrected chi connectivity index (χ3v) is 3.74. The van der Waals surface area contributed by atoms with Gasteiger partial charge in [-0.1, -0.05) is 29.8 Å². The number of ether oxygens (including phenoxy) is 2. The van der Waals surface area contributed by atoms with Crippen LogP contribution in [-0.2, 0) is 19.1 Å². The highest BCUT2D eigenvalue weighted by molar-refractivity contribution is 6.01. The van der Waals surface area contributed by atoms with Crippen molar-refractivity contribution in [3.8, 4) is 0 Å². The van der Waals surface area contributed by atoms with Gasteiger partial charge >= 0.3 is 5.97 Å². The molecule has 1 atom stereocenters. The smallest absolute Gasteiger partial charge is 0.340 e. The number of allylic oxidation sites excluding steroid dienone is 2. The van der Waals surface area contributed by atoms with Crippen molar-refractivity contribution in [3.63, 3.8) is 0 Å². The number of aryl methyl sites for hydroxylation is 1. The lowest BCUT2D eigenvalue weighted by Crippen LogP contribution is -2.28. The quantitative estimate of drug-likeness (QED) is 0.864. The summed E-state index contributed by atoms with van der Waals surface area (Å²) in [5.41, 5.74) is 8.37. The first kappa shape index (κ1) is 16.8. The van der Waals surface area contributed by atoms with Crippen molar-refractivity contribution < 1.29 is 19.1 Å². The number of hydrogen-bond acceptors (Lipinski definition) is 5. The fraction of sp³-hybridized carbons (Fsp3) is 0.333. The van der Waals surface area contributed by atoms with E-state index in [4.69, 9.17) is 15.2 Å². The Balaban J connectivity index is 2.65. The number of benzene rings is 1. The molecular formula is C18H21NO4. The summed E-state index contributed by atoms with van der Waals surface area (Å²) in [5, 5.41) is 0. The van der Waals surface area contributed by atoms with E-state index in [2.05, 4.69) is 0 Å². The van der Waals surface area contributed by atoms with Gasteiger partial charge in [-0.05, 0) is 33.3 Å². The molecule has 0 aliphatic carbocycles. The lowest BCUT2D eigenvalue weighted by molar-refractivity contribution is -0.139. The molecule has 122 valence electrons. The molecule has 23 heavy (non-hydrogen) atoms. The summed E-state index contributed by atoms with van der Waals surface area (Å²) in [7, 11) is 0. The van der Waals surface area contributed by atoms with Crippen LogP contribution in [0.4, 0.5) is 0 Å². The minimum absolute atomic E-state index is 0.0162. The maximum Gasteiger partial charge on any atom is 0.340 e. The average molecular weight is 315 g/mol. The average Bonchev–Trinajstić information content (AvgIpc) is 2.46. The van der Waals surface area contributed by atoms with Gasteiger partial charge < -0.3 is 15.2 Å². The van der Waals surface area contributed by atoms with Crippen LogP contribution in [0.1, 0.15) is 37.8 Å². The van der Waals surface area contributed by atoms with E-state index in [1.165, 1.54) is 6.92 Å². The molecule has 0 fully saturated rings. The molecule has 0 saturated heterocycles. The Morgan fingerprint density at radius 1 is 1.26 bits per heavy atom. The summed E-state index contributed by atoms with van der Waals surface area (Å²) >= 11 is 0. The number of ketones is 1. The van der Waals surface area contributed by atoms with Crippen LogP contribution in [0, 0.1) is 6.92 Å². The summed E-state index contributed by atoms with van der Waals surface area (Å²) in [6.07, 6.45) is 0. The number of esters is 1. The summed E-state index contributed by atoms with van der Waals surface area (Å²) < 4.78 is 10.5. The topological polar surface area (TPSA) is 78.6 Å². The molecule has 1 heterocycles. The molecule has 0 aromatic heterocycles. The second kappa shape index (κ2) is 6.69. The van der Waals surface area contributed by atoms with Gasteiger partial charge in [0.25, 0.3) is 0 Å². The van der Waals surface area contributed by atoms with E-state index in [0.717, 1.165) is 11.1 Å². The first-order valence-electron chi connectivity index (χ1n) is 7.49. The predicted molar refractivity (Wildman–Crippen MR) is 86.2 cm³/mol. The van der Waals surface area contributed by atoms with Crippen LogP contribution in [0.5, 0.6) is 0 Å². The number of nitrogens with two attached hydrogens (primary N) is 1. The highest BCUT2D eigenvalue weighted by Gasteiger charge is 2.37. The maximum atomic E-state index is 12.4. The molecule has 1 aromatic rings. The third kappa shape index (κ3) is 3.28. The van der Waals surface area contributed by atoms with Crippen molar-refractivity contribution in [2.75, 3.05) is 6.61 Å². The maximum absolute atomic E-state index is 12.4. The van der Waals surface area contributed by atoms with Gasteiger partial charge in [-0.25, -0.2) is 4.79 Å². The molecule has 1 aromatic carbocycles. The molecule has 5 heteroatoms. The predicted octanol–water partition coefficient (Wildman–Crippen LogP) is 2.71. The third-order valence-electron chi connectivity index (χ3n) is 3.74. The van der Waals surface area contributed by atoms with E-state index < -0.39 is 11.9 Å². The monoisotopic (exact) mass is 315 g/mol.